The van der Waals surface area contributed by atoms with Gasteiger partial charge in [0.05, 0.1) is 5.69 Å². The van der Waals surface area contributed by atoms with Gasteiger partial charge in [-0.15, -0.1) is 0 Å². The van der Waals surface area contributed by atoms with Gasteiger partial charge in [-0.3, -0.25) is 9.59 Å². The first kappa shape index (κ1) is 13.5. The summed E-state index contributed by atoms with van der Waals surface area (Å²) in [6.07, 6.45) is 1.64. The number of carbonyl (C=O) groups is 1. The molecule has 1 aromatic carbocycles. The summed E-state index contributed by atoms with van der Waals surface area (Å²) >= 11 is 0. The highest BCUT2D eigenvalue weighted by Gasteiger charge is 2.25. The summed E-state index contributed by atoms with van der Waals surface area (Å²) in [6.45, 7) is 0.514. The minimum Gasteiger partial charge on any atom is -0.307 e. The highest BCUT2D eigenvalue weighted by molar-refractivity contribution is 6.05. The normalized spacial score (nSPS) is 13.9. The molecule has 1 aliphatic heterocycles. The van der Waals surface area contributed by atoms with Gasteiger partial charge in [0, 0.05) is 19.7 Å². The van der Waals surface area contributed by atoms with Crippen LogP contribution in [-0.4, -0.2) is 22.2 Å². The summed E-state index contributed by atoms with van der Waals surface area (Å²) in [6, 6.07) is 7.18. The third kappa shape index (κ3) is 2.44. The van der Waals surface area contributed by atoms with Gasteiger partial charge in [0.2, 0.25) is 0 Å². The molecule has 1 amide bonds. The van der Waals surface area contributed by atoms with Gasteiger partial charge in [0.1, 0.15) is 11.5 Å². The van der Waals surface area contributed by atoms with E-state index in [1.165, 1.54) is 36.2 Å². The number of hydrogen-bond donors (Lipinski definition) is 0. The first-order valence-corrected chi connectivity index (χ1v) is 6.71. The monoisotopic (exact) mass is 287 g/mol. The molecule has 1 aliphatic rings. The Balaban J connectivity index is 2.01. The minimum absolute atomic E-state index is 0.175. The zero-order valence-electron chi connectivity index (χ0n) is 11.5. The lowest BCUT2D eigenvalue weighted by Crippen LogP contribution is -2.37. The predicted molar refractivity (Wildman–Crippen MR) is 75.9 cm³/mol. The molecular formula is C15H14FN3O2. The molecule has 0 saturated heterocycles. The van der Waals surface area contributed by atoms with Gasteiger partial charge in [-0.05, 0) is 36.6 Å². The maximum absolute atomic E-state index is 13.5. The van der Waals surface area contributed by atoms with E-state index in [9.17, 15) is 14.0 Å². The molecule has 0 saturated carbocycles. The summed E-state index contributed by atoms with van der Waals surface area (Å²) < 4.78 is 14.6. The van der Waals surface area contributed by atoms with Crippen molar-refractivity contribution in [2.24, 2.45) is 7.05 Å². The van der Waals surface area contributed by atoms with Crippen molar-refractivity contribution in [3.8, 4) is 0 Å². The van der Waals surface area contributed by atoms with Gasteiger partial charge >= 0.3 is 0 Å². The van der Waals surface area contributed by atoms with Crippen LogP contribution in [0.3, 0.4) is 0 Å². The fourth-order valence-electron chi connectivity index (χ4n) is 2.51. The van der Waals surface area contributed by atoms with E-state index in [0.29, 0.717) is 12.2 Å². The number of anilines is 1. The van der Waals surface area contributed by atoms with Crippen LogP contribution in [0.4, 0.5) is 10.1 Å². The first-order valence-electron chi connectivity index (χ1n) is 6.71. The number of rotatable bonds is 1. The SMILES string of the molecule is Cn1nc(C(=O)N2CCCc3ccc(F)cc32)ccc1=O. The van der Waals surface area contributed by atoms with Crippen molar-refractivity contribution in [1.29, 1.82) is 0 Å². The van der Waals surface area contributed by atoms with Crippen LogP contribution in [0.15, 0.2) is 35.1 Å². The number of benzene rings is 1. The molecule has 2 aromatic rings. The van der Waals surface area contributed by atoms with Crippen LogP contribution in [0, 0.1) is 5.82 Å². The van der Waals surface area contributed by atoms with E-state index in [2.05, 4.69) is 5.10 Å². The van der Waals surface area contributed by atoms with Crippen molar-refractivity contribution in [3.05, 3.63) is 57.8 Å². The van der Waals surface area contributed by atoms with Crippen LogP contribution in [0.25, 0.3) is 0 Å². The maximum Gasteiger partial charge on any atom is 0.278 e. The Morgan fingerprint density at radius 1 is 1.29 bits per heavy atom. The number of hydrogen-bond acceptors (Lipinski definition) is 3. The van der Waals surface area contributed by atoms with E-state index in [-0.39, 0.29) is 23.0 Å². The summed E-state index contributed by atoms with van der Waals surface area (Å²) in [5.41, 5.74) is 1.42. The number of carbonyl (C=O) groups excluding carboxylic acids is 1. The Kier molecular flexibility index (Phi) is 3.29. The lowest BCUT2D eigenvalue weighted by Gasteiger charge is -2.29. The average Bonchev–Trinajstić information content (AvgIpc) is 2.48. The molecule has 21 heavy (non-hydrogen) atoms. The molecule has 1 aromatic heterocycles. The van der Waals surface area contributed by atoms with Gasteiger partial charge in [-0.1, -0.05) is 6.07 Å². The van der Waals surface area contributed by atoms with E-state index in [1.54, 1.807) is 6.07 Å². The van der Waals surface area contributed by atoms with Crippen LogP contribution in [0.5, 0.6) is 0 Å². The Bertz CT molecular complexity index is 770. The Morgan fingerprint density at radius 2 is 2.10 bits per heavy atom. The third-order valence-corrected chi connectivity index (χ3v) is 3.59. The summed E-state index contributed by atoms with van der Waals surface area (Å²) in [4.78, 5) is 25.4. The second-order valence-electron chi connectivity index (χ2n) is 5.01. The number of aryl methyl sites for hydroxylation is 2. The largest absolute Gasteiger partial charge is 0.307 e. The minimum atomic E-state index is -0.373. The summed E-state index contributed by atoms with van der Waals surface area (Å²) in [5, 5.41) is 3.96. The number of amides is 1. The van der Waals surface area contributed by atoms with Crippen LogP contribution in [0.1, 0.15) is 22.5 Å². The lowest BCUT2D eigenvalue weighted by atomic mass is 10.0. The van der Waals surface area contributed by atoms with Gasteiger partial charge in [-0.25, -0.2) is 9.07 Å². The molecule has 0 N–H and O–H groups in total. The van der Waals surface area contributed by atoms with Gasteiger partial charge in [-0.2, -0.15) is 5.10 Å². The molecule has 0 aliphatic carbocycles. The molecule has 0 fully saturated rings. The predicted octanol–water partition coefficient (Wildman–Crippen LogP) is 1.51. The second kappa shape index (κ2) is 5.12. The van der Waals surface area contributed by atoms with Crippen LogP contribution < -0.4 is 10.5 Å². The lowest BCUT2D eigenvalue weighted by molar-refractivity contribution is 0.0978. The topological polar surface area (TPSA) is 55.2 Å². The molecule has 0 unspecified atom stereocenters. The summed E-state index contributed by atoms with van der Waals surface area (Å²) in [5.74, 6) is -0.695. The molecule has 0 bridgehead atoms. The molecule has 2 heterocycles. The standard InChI is InChI=1S/C15H14FN3O2/c1-18-14(20)7-6-12(17-18)15(21)19-8-2-3-10-4-5-11(16)9-13(10)19/h4-7,9H,2-3,8H2,1H3. The van der Waals surface area contributed by atoms with E-state index in [1.807, 2.05) is 0 Å². The van der Waals surface area contributed by atoms with E-state index in [4.69, 9.17) is 0 Å². The summed E-state index contributed by atoms with van der Waals surface area (Å²) in [7, 11) is 1.49. The third-order valence-electron chi connectivity index (χ3n) is 3.59. The molecule has 0 atom stereocenters. The highest BCUT2D eigenvalue weighted by atomic mass is 19.1. The van der Waals surface area contributed by atoms with Gasteiger partial charge < -0.3 is 4.90 Å². The van der Waals surface area contributed by atoms with Gasteiger partial charge in [0.15, 0.2) is 0 Å². The molecule has 3 rings (SSSR count). The van der Waals surface area contributed by atoms with Crippen molar-refractivity contribution >= 4 is 11.6 Å². The number of nitrogens with zero attached hydrogens (tertiary/aromatic N) is 3. The average molecular weight is 287 g/mol. The van der Waals surface area contributed by atoms with Crippen molar-refractivity contribution in [2.45, 2.75) is 12.8 Å². The van der Waals surface area contributed by atoms with Crippen molar-refractivity contribution in [2.75, 3.05) is 11.4 Å². The van der Waals surface area contributed by atoms with Crippen LogP contribution in [0.2, 0.25) is 0 Å². The first-order chi connectivity index (χ1) is 10.1. The number of aromatic nitrogens is 2. The Labute approximate surface area is 120 Å². The quantitative estimate of drug-likeness (QED) is 0.799. The van der Waals surface area contributed by atoms with Crippen molar-refractivity contribution < 1.29 is 9.18 Å². The van der Waals surface area contributed by atoms with Gasteiger partial charge in [0.25, 0.3) is 11.5 Å². The number of halogens is 1. The maximum atomic E-state index is 13.5. The van der Waals surface area contributed by atoms with Crippen molar-refractivity contribution in [3.63, 3.8) is 0 Å². The molecule has 108 valence electrons. The van der Waals surface area contributed by atoms with Crippen LogP contribution >= 0.6 is 0 Å². The molecule has 0 radical (unpaired) electrons. The fraction of sp³-hybridized carbons (Fsp3) is 0.267. The molecule has 5 nitrogen and oxygen atoms in total. The zero-order chi connectivity index (χ0) is 15.0. The Morgan fingerprint density at radius 3 is 2.86 bits per heavy atom. The highest BCUT2D eigenvalue weighted by Crippen LogP contribution is 2.28. The van der Waals surface area contributed by atoms with E-state index in [0.717, 1.165) is 23.1 Å². The molecule has 6 heteroatoms. The van der Waals surface area contributed by atoms with Crippen LogP contribution in [-0.2, 0) is 13.5 Å². The number of fused-ring (bicyclic) bond motifs is 1. The smallest absolute Gasteiger partial charge is 0.278 e. The fourth-order valence-corrected chi connectivity index (χ4v) is 2.51. The Hall–Kier alpha value is -2.50. The molecular weight excluding hydrogens is 273 g/mol. The zero-order valence-corrected chi connectivity index (χ0v) is 11.5. The molecule has 0 spiro atoms. The second-order valence-corrected chi connectivity index (χ2v) is 5.01. The van der Waals surface area contributed by atoms with E-state index < -0.39 is 0 Å². The van der Waals surface area contributed by atoms with Crippen molar-refractivity contribution in [1.82, 2.24) is 9.78 Å². The van der Waals surface area contributed by atoms with E-state index >= 15 is 0 Å².